The van der Waals surface area contributed by atoms with Gasteiger partial charge in [-0.3, -0.25) is 9.36 Å². The molecule has 1 aromatic heterocycles. The van der Waals surface area contributed by atoms with Crippen molar-refractivity contribution in [2.45, 2.75) is 45.8 Å². The van der Waals surface area contributed by atoms with Crippen LogP contribution in [0, 0.1) is 11.6 Å². The molecule has 1 atom stereocenters. The number of hydrogen-bond acceptors (Lipinski definition) is 4. The van der Waals surface area contributed by atoms with E-state index in [2.05, 4.69) is 10.3 Å². The van der Waals surface area contributed by atoms with Gasteiger partial charge >= 0.3 is 6.09 Å². The summed E-state index contributed by atoms with van der Waals surface area (Å²) in [4.78, 5) is 29.8. The van der Waals surface area contributed by atoms with Crippen molar-refractivity contribution in [1.29, 1.82) is 0 Å². The summed E-state index contributed by atoms with van der Waals surface area (Å²) in [6.45, 7) is 6.44. The first-order valence-electron chi connectivity index (χ1n) is 9.67. The van der Waals surface area contributed by atoms with Gasteiger partial charge < -0.3 is 10.1 Å². The molecule has 1 N–H and O–H groups in total. The Labute approximate surface area is 180 Å². The molecular weight excluding hydrogens is 430 g/mol. The van der Waals surface area contributed by atoms with Gasteiger partial charge in [0.2, 0.25) is 0 Å². The highest BCUT2D eigenvalue weighted by molar-refractivity contribution is 5.82. The third-order valence-electron chi connectivity index (χ3n) is 4.42. The van der Waals surface area contributed by atoms with E-state index in [9.17, 15) is 27.2 Å². The normalized spacial score (nSPS) is 12.8. The van der Waals surface area contributed by atoms with Crippen molar-refractivity contribution in [3.63, 3.8) is 0 Å². The summed E-state index contributed by atoms with van der Waals surface area (Å²) in [6.07, 6.45) is -3.80. The number of benzene rings is 2. The number of carbonyl (C=O) groups is 1. The summed E-state index contributed by atoms with van der Waals surface area (Å²) in [5, 5.41) is 2.11. The Kier molecular flexibility index (Phi) is 6.25. The van der Waals surface area contributed by atoms with Crippen LogP contribution in [0.4, 0.5) is 22.4 Å². The molecule has 0 aliphatic rings. The molecule has 0 aliphatic heterocycles. The van der Waals surface area contributed by atoms with Crippen LogP contribution in [0.3, 0.4) is 0 Å². The fourth-order valence-electron chi connectivity index (χ4n) is 3.21. The lowest BCUT2D eigenvalue weighted by Gasteiger charge is -2.23. The van der Waals surface area contributed by atoms with E-state index in [1.165, 1.54) is 19.1 Å². The lowest BCUT2D eigenvalue weighted by atomic mass is 10.1. The zero-order valence-corrected chi connectivity index (χ0v) is 17.7. The lowest BCUT2D eigenvalue weighted by Crippen LogP contribution is -2.37. The summed E-state index contributed by atoms with van der Waals surface area (Å²) >= 11 is 0. The number of halogens is 4. The number of alkyl halides is 2. The standard InChI is InChI=1S/C22H21F4N3O3/c1-11(27-21(31)32-22(2,3)4)19-28-16-7-5-6-15(18(25)26)17(16)20(30)29(19)14-9-12(23)8-13(24)10-14/h5-11,18H,1-4H3,(H,27,31)/t11-/m0/s1. The van der Waals surface area contributed by atoms with E-state index in [1.54, 1.807) is 20.8 Å². The summed E-state index contributed by atoms with van der Waals surface area (Å²) in [7, 11) is 0. The SMILES string of the molecule is C[C@H](NC(=O)OC(C)(C)C)c1nc2cccc(C(F)F)c2c(=O)n1-c1cc(F)cc(F)c1. The first-order chi connectivity index (χ1) is 14.9. The topological polar surface area (TPSA) is 73.2 Å². The predicted octanol–water partition coefficient (Wildman–Crippen LogP) is 5.19. The molecule has 32 heavy (non-hydrogen) atoms. The van der Waals surface area contributed by atoms with Crippen molar-refractivity contribution in [3.05, 3.63) is 69.8 Å². The van der Waals surface area contributed by atoms with Crippen LogP contribution < -0.4 is 10.9 Å². The molecule has 0 bridgehead atoms. The number of ether oxygens (including phenoxy) is 1. The average molecular weight is 451 g/mol. The van der Waals surface area contributed by atoms with Crippen molar-refractivity contribution in [2.75, 3.05) is 0 Å². The maximum Gasteiger partial charge on any atom is 0.408 e. The van der Waals surface area contributed by atoms with Crippen LogP contribution in [0.25, 0.3) is 16.6 Å². The number of nitrogens with zero attached hydrogens (tertiary/aromatic N) is 2. The van der Waals surface area contributed by atoms with Crippen LogP contribution in [0.5, 0.6) is 0 Å². The van der Waals surface area contributed by atoms with Gasteiger partial charge in [0.1, 0.15) is 23.1 Å². The van der Waals surface area contributed by atoms with Crippen molar-refractivity contribution >= 4 is 17.0 Å². The minimum atomic E-state index is -2.98. The quantitative estimate of drug-likeness (QED) is 0.555. The molecule has 0 aliphatic carbocycles. The van der Waals surface area contributed by atoms with Crippen molar-refractivity contribution in [1.82, 2.24) is 14.9 Å². The van der Waals surface area contributed by atoms with Crippen LogP contribution in [0.2, 0.25) is 0 Å². The number of nitrogens with one attached hydrogen (secondary N) is 1. The maximum atomic E-state index is 13.9. The fourth-order valence-corrected chi connectivity index (χ4v) is 3.21. The first-order valence-corrected chi connectivity index (χ1v) is 9.67. The molecule has 0 radical (unpaired) electrons. The minimum absolute atomic E-state index is 0.0474. The van der Waals surface area contributed by atoms with Gasteiger partial charge in [-0.2, -0.15) is 0 Å². The van der Waals surface area contributed by atoms with E-state index in [4.69, 9.17) is 4.74 Å². The van der Waals surface area contributed by atoms with Gasteiger partial charge in [-0.15, -0.1) is 0 Å². The summed E-state index contributed by atoms with van der Waals surface area (Å²) < 4.78 is 60.9. The van der Waals surface area contributed by atoms with Gasteiger partial charge in [0.25, 0.3) is 12.0 Å². The Hall–Kier alpha value is -3.43. The van der Waals surface area contributed by atoms with Gasteiger partial charge in [-0.25, -0.2) is 27.3 Å². The highest BCUT2D eigenvalue weighted by Gasteiger charge is 2.25. The number of amides is 1. The third kappa shape index (κ3) is 4.90. The van der Waals surface area contributed by atoms with E-state index >= 15 is 0 Å². The molecule has 0 fully saturated rings. The number of aromatic nitrogens is 2. The van der Waals surface area contributed by atoms with E-state index < -0.39 is 46.9 Å². The monoisotopic (exact) mass is 451 g/mol. The van der Waals surface area contributed by atoms with Gasteiger partial charge in [0, 0.05) is 11.6 Å². The largest absolute Gasteiger partial charge is 0.444 e. The molecule has 0 unspecified atom stereocenters. The van der Waals surface area contributed by atoms with Crippen molar-refractivity contribution in [3.8, 4) is 5.69 Å². The van der Waals surface area contributed by atoms with E-state index in [-0.39, 0.29) is 22.4 Å². The molecule has 3 aromatic rings. The minimum Gasteiger partial charge on any atom is -0.444 e. The molecular formula is C22H21F4N3O3. The van der Waals surface area contributed by atoms with Gasteiger partial charge in [-0.05, 0) is 45.9 Å². The Morgan fingerprint density at radius 2 is 1.75 bits per heavy atom. The van der Waals surface area contributed by atoms with Crippen LogP contribution in [-0.2, 0) is 4.74 Å². The molecule has 0 saturated carbocycles. The number of fused-ring (bicyclic) bond motifs is 1. The zero-order chi connectivity index (χ0) is 23.8. The second-order valence-corrected chi connectivity index (χ2v) is 8.15. The Morgan fingerprint density at radius 3 is 2.31 bits per heavy atom. The Morgan fingerprint density at radius 1 is 1.12 bits per heavy atom. The lowest BCUT2D eigenvalue weighted by molar-refractivity contribution is 0.0505. The summed E-state index contributed by atoms with van der Waals surface area (Å²) in [5.41, 5.74) is -2.64. The van der Waals surface area contributed by atoms with E-state index in [0.717, 1.165) is 22.8 Å². The van der Waals surface area contributed by atoms with Crippen LogP contribution in [0.15, 0.2) is 41.2 Å². The number of carbonyl (C=O) groups excluding carboxylic acids is 1. The van der Waals surface area contributed by atoms with E-state index in [0.29, 0.717) is 6.07 Å². The average Bonchev–Trinajstić information content (AvgIpc) is 2.64. The van der Waals surface area contributed by atoms with Crippen LogP contribution in [0.1, 0.15) is 51.6 Å². The van der Waals surface area contributed by atoms with Gasteiger partial charge in [-0.1, -0.05) is 12.1 Å². The van der Waals surface area contributed by atoms with Crippen molar-refractivity contribution in [2.24, 2.45) is 0 Å². The molecule has 170 valence electrons. The highest BCUT2D eigenvalue weighted by Crippen LogP contribution is 2.27. The Bertz CT molecular complexity index is 1220. The van der Waals surface area contributed by atoms with Crippen LogP contribution >= 0.6 is 0 Å². The predicted molar refractivity (Wildman–Crippen MR) is 110 cm³/mol. The molecule has 3 rings (SSSR count). The summed E-state index contributed by atoms with van der Waals surface area (Å²) in [6, 6.07) is 5.12. The fraction of sp³-hybridized carbons (Fsp3) is 0.318. The molecule has 0 spiro atoms. The number of alkyl carbamates (subject to hydrolysis) is 1. The Balaban J connectivity index is 2.27. The smallest absolute Gasteiger partial charge is 0.408 e. The maximum absolute atomic E-state index is 13.9. The zero-order valence-electron chi connectivity index (χ0n) is 17.7. The number of rotatable bonds is 4. The molecule has 0 saturated heterocycles. The first kappa shape index (κ1) is 23.2. The van der Waals surface area contributed by atoms with Crippen molar-refractivity contribution < 1.29 is 27.1 Å². The van der Waals surface area contributed by atoms with Crippen LogP contribution in [-0.4, -0.2) is 21.2 Å². The second kappa shape index (κ2) is 8.60. The van der Waals surface area contributed by atoms with Gasteiger partial charge in [0.15, 0.2) is 0 Å². The molecule has 1 heterocycles. The number of hydrogen-bond donors (Lipinski definition) is 1. The second-order valence-electron chi connectivity index (χ2n) is 8.15. The molecule has 2 aromatic carbocycles. The third-order valence-corrected chi connectivity index (χ3v) is 4.42. The van der Waals surface area contributed by atoms with E-state index in [1.807, 2.05) is 0 Å². The molecule has 6 nitrogen and oxygen atoms in total. The molecule has 1 amide bonds. The molecule has 10 heteroatoms. The highest BCUT2D eigenvalue weighted by atomic mass is 19.3. The summed E-state index contributed by atoms with van der Waals surface area (Å²) in [5.74, 6) is -2.08. The van der Waals surface area contributed by atoms with Gasteiger partial charge in [0.05, 0.1) is 22.6 Å².